The number of ether oxygens (including phenoxy) is 1. The Kier molecular flexibility index (Phi) is 4.81. The molecule has 0 aromatic carbocycles. The van der Waals surface area contributed by atoms with E-state index in [0.717, 1.165) is 19.7 Å². The van der Waals surface area contributed by atoms with E-state index in [2.05, 4.69) is 9.97 Å². The van der Waals surface area contributed by atoms with E-state index in [1.54, 1.807) is 13.8 Å². The van der Waals surface area contributed by atoms with Crippen LogP contribution in [0.3, 0.4) is 0 Å². The van der Waals surface area contributed by atoms with Crippen LogP contribution in [0.25, 0.3) is 11.3 Å². The minimum absolute atomic E-state index is 0.0478. The van der Waals surface area contributed by atoms with E-state index in [0.29, 0.717) is 0 Å². The van der Waals surface area contributed by atoms with Crippen LogP contribution in [0.4, 0.5) is 13.2 Å². The van der Waals surface area contributed by atoms with Gasteiger partial charge in [-0.05, 0) is 17.9 Å². The third kappa shape index (κ3) is 3.34. The monoisotopic (exact) mass is 344 g/mol. The summed E-state index contributed by atoms with van der Waals surface area (Å²) >= 11 is 0. The van der Waals surface area contributed by atoms with Crippen LogP contribution in [0.1, 0.15) is 35.5 Å². The highest BCUT2D eigenvalue weighted by Crippen LogP contribution is 2.42. The summed E-state index contributed by atoms with van der Waals surface area (Å²) < 4.78 is 50.2. The molecular formula is C15H15F3N2O4. The molecule has 0 aliphatic carbocycles. The van der Waals surface area contributed by atoms with Crippen LogP contribution in [-0.4, -0.2) is 28.2 Å². The van der Waals surface area contributed by atoms with Gasteiger partial charge in [-0.1, -0.05) is 13.8 Å². The smallest absolute Gasteiger partial charge is 0.434 e. The highest BCUT2D eigenvalue weighted by Gasteiger charge is 2.41. The van der Waals surface area contributed by atoms with Gasteiger partial charge >= 0.3 is 12.1 Å². The predicted octanol–water partition coefficient (Wildman–Crippen LogP) is 3.66. The average Bonchev–Trinajstić information content (AvgIpc) is 2.97. The van der Waals surface area contributed by atoms with Crippen molar-refractivity contribution >= 4 is 5.97 Å². The molecule has 0 aliphatic heterocycles. The number of hydrogen-bond donors (Lipinski definition) is 1. The maximum atomic E-state index is 13.5. The number of methoxy groups -OCH3 is 1. The van der Waals surface area contributed by atoms with E-state index in [1.165, 1.54) is 0 Å². The molecule has 24 heavy (non-hydrogen) atoms. The van der Waals surface area contributed by atoms with Gasteiger partial charge in [-0.15, -0.1) is 0 Å². The Balaban J connectivity index is 2.95. The Labute approximate surface area is 135 Å². The highest BCUT2D eigenvalue weighted by atomic mass is 19.4. The molecular weight excluding hydrogens is 329 g/mol. The van der Waals surface area contributed by atoms with Crippen LogP contribution in [0, 0.1) is 5.92 Å². The van der Waals surface area contributed by atoms with Crippen LogP contribution >= 0.6 is 0 Å². The molecule has 0 amide bonds. The van der Waals surface area contributed by atoms with Crippen molar-refractivity contribution in [2.24, 2.45) is 5.92 Å². The van der Waals surface area contributed by atoms with Gasteiger partial charge in [0, 0.05) is 0 Å². The summed E-state index contributed by atoms with van der Waals surface area (Å²) in [6.45, 7) is 3.52. The number of carboxylic acids is 1. The zero-order valence-electron chi connectivity index (χ0n) is 13.1. The number of nitrogens with zero attached hydrogens (tertiary/aromatic N) is 2. The van der Waals surface area contributed by atoms with Gasteiger partial charge in [-0.3, -0.25) is 0 Å². The Morgan fingerprint density at radius 1 is 1.42 bits per heavy atom. The molecule has 2 heterocycles. The maximum Gasteiger partial charge on any atom is 0.434 e. The molecule has 130 valence electrons. The molecule has 2 aromatic heterocycles. The summed E-state index contributed by atoms with van der Waals surface area (Å²) in [5, 5.41) is 9.46. The molecule has 0 aliphatic rings. The fraction of sp³-hybridized carbons (Fsp3) is 0.400. The van der Waals surface area contributed by atoms with Gasteiger partial charge in [0.15, 0.2) is 17.8 Å². The second-order valence-electron chi connectivity index (χ2n) is 5.46. The van der Waals surface area contributed by atoms with Gasteiger partial charge in [-0.2, -0.15) is 13.2 Å². The fourth-order valence-corrected chi connectivity index (χ4v) is 2.40. The third-order valence-corrected chi connectivity index (χ3v) is 3.23. The summed E-state index contributed by atoms with van der Waals surface area (Å²) in [4.78, 5) is 18.6. The lowest BCUT2D eigenvalue weighted by Gasteiger charge is -2.20. The summed E-state index contributed by atoms with van der Waals surface area (Å²) in [6.07, 6.45) is -2.69. The van der Waals surface area contributed by atoms with Crippen molar-refractivity contribution in [3.63, 3.8) is 0 Å². The number of hydrogen-bond acceptors (Lipinski definition) is 5. The largest absolute Gasteiger partial charge is 0.480 e. The fourth-order valence-electron chi connectivity index (χ4n) is 2.40. The lowest BCUT2D eigenvalue weighted by Crippen LogP contribution is -2.18. The van der Waals surface area contributed by atoms with Gasteiger partial charge in [0.25, 0.3) is 0 Å². The Morgan fingerprint density at radius 2 is 2.08 bits per heavy atom. The van der Waals surface area contributed by atoms with E-state index in [9.17, 15) is 23.1 Å². The molecule has 0 bridgehead atoms. The van der Waals surface area contributed by atoms with Crippen molar-refractivity contribution in [2.75, 3.05) is 7.11 Å². The van der Waals surface area contributed by atoms with E-state index in [-0.39, 0.29) is 23.7 Å². The van der Waals surface area contributed by atoms with Crippen LogP contribution in [-0.2, 0) is 12.6 Å². The predicted molar refractivity (Wildman–Crippen MR) is 76.8 cm³/mol. The standard InChI is InChI=1S/C15H15F3N2O4/c1-7(2)4-8-10(9-5-19-6-24-9)12(15(16,17)18)20-13(23-3)11(8)14(21)22/h5-7H,4H2,1-3H3,(H,21,22). The number of rotatable bonds is 5. The Morgan fingerprint density at radius 3 is 2.50 bits per heavy atom. The molecule has 0 radical (unpaired) electrons. The Hall–Kier alpha value is -2.58. The number of carbonyl (C=O) groups is 1. The quantitative estimate of drug-likeness (QED) is 0.891. The molecule has 2 aromatic rings. The summed E-state index contributed by atoms with van der Waals surface area (Å²) in [7, 11) is 1.07. The van der Waals surface area contributed by atoms with Crippen LogP contribution < -0.4 is 4.74 Å². The molecule has 1 N–H and O–H groups in total. The molecule has 2 rings (SSSR count). The lowest BCUT2D eigenvalue weighted by molar-refractivity contribution is -0.141. The number of oxazole rings is 1. The molecule has 0 saturated carbocycles. The molecule has 0 saturated heterocycles. The first kappa shape index (κ1) is 17.8. The van der Waals surface area contributed by atoms with Gasteiger partial charge < -0.3 is 14.3 Å². The van der Waals surface area contributed by atoms with Crippen LogP contribution in [0.5, 0.6) is 5.88 Å². The SMILES string of the molecule is COc1nc(C(F)(F)F)c(-c2cnco2)c(CC(C)C)c1C(=O)O. The van der Waals surface area contributed by atoms with Crippen molar-refractivity contribution in [1.82, 2.24) is 9.97 Å². The van der Waals surface area contributed by atoms with Crippen molar-refractivity contribution in [2.45, 2.75) is 26.4 Å². The first-order valence-corrected chi connectivity index (χ1v) is 6.97. The van der Waals surface area contributed by atoms with E-state index < -0.39 is 34.8 Å². The van der Waals surface area contributed by atoms with E-state index in [4.69, 9.17) is 9.15 Å². The average molecular weight is 344 g/mol. The summed E-state index contributed by atoms with van der Waals surface area (Å²) in [5.74, 6) is -2.33. The molecule has 0 unspecified atom stereocenters. The normalized spacial score (nSPS) is 11.8. The number of aromatic nitrogens is 2. The van der Waals surface area contributed by atoms with E-state index in [1.807, 2.05) is 0 Å². The van der Waals surface area contributed by atoms with Gasteiger partial charge in [0.2, 0.25) is 5.88 Å². The zero-order chi connectivity index (χ0) is 18.1. The summed E-state index contributed by atoms with van der Waals surface area (Å²) in [5.41, 5.74) is -2.15. The third-order valence-electron chi connectivity index (χ3n) is 3.23. The molecule has 6 nitrogen and oxygen atoms in total. The molecule has 9 heteroatoms. The van der Waals surface area contributed by atoms with Gasteiger partial charge in [-0.25, -0.2) is 14.8 Å². The minimum Gasteiger partial charge on any atom is -0.480 e. The zero-order valence-corrected chi connectivity index (χ0v) is 13.1. The molecule has 0 fully saturated rings. The van der Waals surface area contributed by atoms with Crippen LogP contribution in [0.15, 0.2) is 17.0 Å². The number of pyridine rings is 1. The van der Waals surface area contributed by atoms with Gasteiger partial charge in [0.1, 0.15) is 5.56 Å². The van der Waals surface area contributed by atoms with Crippen molar-refractivity contribution in [3.8, 4) is 17.2 Å². The minimum atomic E-state index is -4.82. The maximum absolute atomic E-state index is 13.5. The van der Waals surface area contributed by atoms with Crippen molar-refractivity contribution in [1.29, 1.82) is 0 Å². The first-order valence-electron chi connectivity index (χ1n) is 6.97. The Bertz CT molecular complexity index is 740. The van der Waals surface area contributed by atoms with Crippen LogP contribution in [0.2, 0.25) is 0 Å². The number of carboxylic acid groups (broad SMARTS) is 1. The molecule has 0 spiro atoms. The number of halogens is 3. The van der Waals surface area contributed by atoms with Crippen molar-refractivity contribution in [3.05, 3.63) is 29.4 Å². The molecule has 0 atom stereocenters. The highest BCUT2D eigenvalue weighted by molar-refractivity contribution is 5.94. The summed E-state index contributed by atoms with van der Waals surface area (Å²) in [6, 6.07) is 0. The van der Waals surface area contributed by atoms with Gasteiger partial charge in [0.05, 0.1) is 18.9 Å². The number of aromatic carboxylic acids is 1. The number of alkyl halides is 3. The second-order valence-corrected chi connectivity index (χ2v) is 5.46. The topological polar surface area (TPSA) is 85.5 Å². The van der Waals surface area contributed by atoms with E-state index >= 15 is 0 Å². The lowest BCUT2D eigenvalue weighted by atomic mass is 9.91. The van der Waals surface area contributed by atoms with Crippen molar-refractivity contribution < 1.29 is 32.2 Å². The second kappa shape index (κ2) is 6.50. The first-order chi connectivity index (χ1) is 11.2.